The smallest absolute Gasteiger partial charge is 0.222 e. The van der Waals surface area contributed by atoms with Crippen molar-refractivity contribution in [3.63, 3.8) is 0 Å². The van der Waals surface area contributed by atoms with E-state index < -0.39 is 0 Å². The predicted molar refractivity (Wildman–Crippen MR) is 111 cm³/mol. The number of hydrogen-bond donors (Lipinski definition) is 0. The maximum atomic E-state index is 12.4. The second kappa shape index (κ2) is 8.33. The van der Waals surface area contributed by atoms with Crippen LogP contribution >= 0.6 is 11.3 Å². The van der Waals surface area contributed by atoms with Crippen LogP contribution in [0.2, 0.25) is 0 Å². The van der Waals surface area contributed by atoms with Crippen molar-refractivity contribution in [3.05, 3.63) is 34.3 Å². The summed E-state index contributed by atoms with van der Waals surface area (Å²) in [5, 5.41) is 1.16. The monoisotopic (exact) mass is 401 g/mol. The van der Waals surface area contributed by atoms with Gasteiger partial charge in [-0.2, -0.15) is 0 Å². The van der Waals surface area contributed by atoms with Crippen LogP contribution in [-0.4, -0.2) is 56.4 Å². The van der Waals surface area contributed by atoms with Crippen LogP contribution in [0.1, 0.15) is 47.7 Å². The first kappa shape index (κ1) is 19.6. The highest BCUT2D eigenvalue weighted by atomic mass is 32.1. The van der Waals surface area contributed by atoms with Gasteiger partial charge in [0.05, 0.1) is 17.0 Å². The zero-order valence-electron chi connectivity index (χ0n) is 17.1. The Kier molecular flexibility index (Phi) is 5.83. The summed E-state index contributed by atoms with van der Waals surface area (Å²) in [7, 11) is 0. The first-order chi connectivity index (χ1) is 13.5. The molecule has 2 aliphatic heterocycles. The molecule has 0 aliphatic carbocycles. The minimum absolute atomic E-state index is 0.331. The fraction of sp³-hybridized carbons (Fsp3) is 0.667. The van der Waals surface area contributed by atoms with E-state index in [0.717, 1.165) is 63.5 Å². The van der Waals surface area contributed by atoms with Gasteiger partial charge in [-0.1, -0.05) is 0 Å². The molecule has 7 heteroatoms. The highest BCUT2D eigenvalue weighted by Crippen LogP contribution is 2.40. The number of carbonyl (C=O) groups excluding carboxylic acids is 1. The molecule has 28 heavy (non-hydrogen) atoms. The van der Waals surface area contributed by atoms with E-state index in [9.17, 15) is 4.79 Å². The Morgan fingerprint density at radius 3 is 2.68 bits per heavy atom. The van der Waals surface area contributed by atoms with E-state index >= 15 is 0 Å². The third-order valence-corrected chi connectivity index (χ3v) is 7.49. The molecule has 0 saturated carbocycles. The molecule has 2 aromatic rings. The van der Waals surface area contributed by atoms with Crippen molar-refractivity contribution >= 4 is 17.2 Å². The number of aryl methyl sites for hydroxylation is 3. The van der Waals surface area contributed by atoms with Crippen LogP contribution in [0.4, 0.5) is 0 Å². The highest BCUT2D eigenvalue weighted by molar-refractivity contribution is 7.11. The number of piperidine rings is 2. The maximum Gasteiger partial charge on any atom is 0.222 e. The number of carbonyl (C=O) groups is 1. The Labute approximate surface area is 171 Å². The standard InChI is InChI=1S/C21H31N5OS/c1-17-19(28-18(2)23-17)14-24-11-6-21(7-12-24)5-4-20(27)26(15-21)10-3-9-25-13-8-22-16-25/h8,13,16H,3-7,9-12,14-15H2,1-2H3. The van der Waals surface area contributed by atoms with Gasteiger partial charge in [0.2, 0.25) is 5.91 Å². The molecule has 1 amide bonds. The number of nitrogens with zero attached hydrogens (tertiary/aromatic N) is 5. The van der Waals surface area contributed by atoms with E-state index in [1.807, 2.05) is 30.1 Å². The molecule has 2 aromatic heterocycles. The van der Waals surface area contributed by atoms with Crippen molar-refractivity contribution in [1.82, 2.24) is 24.3 Å². The second-order valence-electron chi connectivity index (χ2n) is 8.49. The molecule has 0 unspecified atom stereocenters. The number of thiazole rings is 1. The van der Waals surface area contributed by atoms with Crippen molar-refractivity contribution in [2.75, 3.05) is 26.2 Å². The van der Waals surface area contributed by atoms with Crippen molar-refractivity contribution in [1.29, 1.82) is 0 Å². The van der Waals surface area contributed by atoms with Gasteiger partial charge in [-0.15, -0.1) is 11.3 Å². The highest BCUT2D eigenvalue weighted by Gasteiger charge is 2.40. The van der Waals surface area contributed by atoms with Crippen LogP contribution in [0.5, 0.6) is 0 Å². The normalized spacial score (nSPS) is 20.2. The van der Waals surface area contributed by atoms with Gasteiger partial charge in [-0.25, -0.2) is 9.97 Å². The van der Waals surface area contributed by atoms with Crippen LogP contribution in [0, 0.1) is 19.3 Å². The molecular formula is C21H31N5OS. The van der Waals surface area contributed by atoms with E-state index in [0.29, 0.717) is 11.3 Å². The third kappa shape index (κ3) is 4.46. The summed E-state index contributed by atoms with van der Waals surface area (Å²) in [6.45, 7) is 10.2. The van der Waals surface area contributed by atoms with E-state index in [-0.39, 0.29) is 0 Å². The van der Waals surface area contributed by atoms with Crippen LogP contribution in [0.15, 0.2) is 18.7 Å². The lowest BCUT2D eigenvalue weighted by molar-refractivity contribution is -0.139. The average molecular weight is 402 g/mol. The zero-order valence-corrected chi connectivity index (χ0v) is 17.9. The van der Waals surface area contributed by atoms with Crippen molar-refractivity contribution in [3.8, 4) is 0 Å². The summed E-state index contributed by atoms with van der Waals surface area (Å²) in [4.78, 5) is 27.2. The molecule has 4 heterocycles. The topological polar surface area (TPSA) is 54.3 Å². The van der Waals surface area contributed by atoms with Gasteiger partial charge in [0.1, 0.15) is 0 Å². The van der Waals surface area contributed by atoms with Crippen LogP contribution in [-0.2, 0) is 17.9 Å². The average Bonchev–Trinajstić information content (AvgIpc) is 3.30. The lowest BCUT2D eigenvalue weighted by atomic mass is 9.72. The van der Waals surface area contributed by atoms with Gasteiger partial charge < -0.3 is 9.47 Å². The molecule has 2 saturated heterocycles. The van der Waals surface area contributed by atoms with E-state index in [1.54, 1.807) is 0 Å². The summed E-state index contributed by atoms with van der Waals surface area (Å²) >= 11 is 1.83. The molecular weight excluding hydrogens is 370 g/mol. The number of rotatable bonds is 6. The van der Waals surface area contributed by atoms with Crippen molar-refractivity contribution < 1.29 is 4.79 Å². The molecule has 0 bridgehead atoms. The molecule has 4 rings (SSSR count). The molecule has 152 valence electrons. The summed E-state index contributed by atoms with van der Waals surface area (Å²) in [6, 6.07) is 0. The number of hydrogen-bond acceptors (Lipinski definition) is 5. The second-order valence-corrected chi connectivity index (χ2v) is 9.77. The Morgan fingerprint density at radius 1 is 1.18 bits per heavy atom. The van der Waals surface area contributed by atoms with Gasteiger partial charge in [0, 0.05) is 49.9 Å². The molecule has 2 aliphatic rings. The number of aromatic nitrogens is 3. The minimum atomic E-state index is 0.331. The van der Waals surface area contributed by atoms with Gasteiger partial charge in [0.15, 0.2) is 0 Å². The predicted octanol–water partition coefficient (Wildman–Crippen LogP) is 3.25. The Bertz CT molecular complexity index is 792. The first-order valence-corrected chi connectivity index (χ1v) is 11.2. The Morgan fingerprint density at radius 2 is 2.00 bits per heavy atom. The number of amides is 1. The first-order valence-electron chi connectivity index (χ1n) is 10.4. The van der Waals surface area contributed by atoms with Crippen LogP contribution in [0.25, 0.3) is 0 Å². The Hall–Kier alpha value is -1.73. The maximum absolute atomic E-state index is 12.4. The summed E-state index contributed by atoms with van der Waals surface area (Å²) in [6.07, 6.45) is 10.8. The minimum Gasteiger partial charge on any atom is -0.342 e. The SMILES string of the molecule is Cc1nc(C)c(CN2CCC3(CCC(=O)N(CCCn4ccnc4)C3)CC2)s1. The summed E-state index contributed by atoms with van der Waals surface area (Å²) in [5.74, 6) is 0.342. The van der Waals surface area contributed by atoms with Gasteiger partial charge >= 0.3 is 0 Å². The third-order valence-electron chi connectivity index (χ3n) is 6.44. The van der Waals surface area contributed by atoms with E-state index in [4.69, 9.17) is 0 Å². The summed E-state index contributed by atoms with van der Waals surface area (Å²) < 4.78 is 2.09. The van der Waals surface area contributed by atoms with Crippen LogP contribution < -0.4 is 0 Å². The van der Waals surface area contributed by atoms with E-state index in [1.165, 1.54) is 23.4 Å². The lowest BCUT2D eigenvalue weighted by Crippen LogP contribution is -2.51. The quantitative estimate of drug-likeness (QED) is 0.746. The Balaban J connectivity index is 1.29. The van der Waals surface area contributed by atoms with Crippen LogP contribution in [0.3, 0.4) is 0 Å². The molecule has 2 fully saturated rings. The van der Waals surface area contributed by atoms with Gasteiger partial charge in [-0.3, -0.25) is 9.69 Å². The van der Waals surface area contributed by atoms with E-state index in [2.05, 4.69) is 38.2 Å². The summed E-state index contributed by atoms with van der Waals surface area (Å²) in [5.41, 5.74) is 1.52. The number of likely N-dealkylation sites (tertiary alicyclic amines) is 2. The molecule has 0 N–H and O–H groups in total. The number of imidazole rings is 1. The molecule has 1 spiro atoms. The molecule has 0 radical (unpaired) electrons. The fourth-order valence-electron chi connectivity index (χ4n) is 4.69. The molecule has 0 atom stereocenters. The largest absolute Gasteiger partial charge is 0.342 e. The van der Waals surface area contributed by atoms with Gasteiger partial charge in [0.25, 0.3) is 0 Å². The fourth-order valence-corrected chi connectivity index (χ4v) is 5.67. The van der Waals surface area contributed by atoms with Gasteiger partial charge in [-0.05, 0) is 58.0 Å². The zero-order chi connectivity index (χ0) is 19.6. The molecule has 6 nitrogen and oxygen atoms in total. The van der Waals surface area contributed by atoms with Crippen molar-refractivity contribution in [2.45, 2.75) is 59.0 Å². The molecule has 0 aromatic carbocycles. The lowest BCUT2D eigenvalue weighted by Gasteiger charge is -2.47. The van der Waals surface area contributed by atoms with Crippen molar-refractivity contribution in [2.24, 2.45) is 5.41 Å².